The molecule has 4 nitrogen and oxygen atoms in total. The third-order valence-corrected chi connectivity index (χ3v) is 3.94. The molecule has 5 heteroatoms. The third kappa shape index (κ3) is 5.94. The summed E-state index contributed by atoms with van der Waals surface area (Å²) < 4.78 is 0. The van der Waals surface area contributed by atoms with Gasteiger partial charge >= 0.3 is 0 Å². The molecule has 0 fully saturated rings. The minimum Gasteiger partial charge on any atom is -0.355 e. The highest BCUT2D eigenvalue weighted by Gasteiger charge is 2.09. The van der Waals surface area contributed by atoms with Gasteiger partial charge in [0.2, 0.25) is 0 Å². The summed E-state index contributed by atoms with van der Waals surface area (Å²) in [5.41, 5.74) is 1.10. The molecule has 118 valence electrons. The van der Waals surface area contributed by atoms with Crippen LogP contribution in [0.15, 0.2) is 29.3 Å². The van der Waals surface area contributed by atoms with Crippen molar-refractivity contribution < 1.29 is 0 Å². The average molecular weight is 311 g/mol. The van der Waals surface area contributed by atoms with E-state index in [-0.39, 0.29) is 0 Å². The molecule has 0 amide bonds. The highest BCUT2D eigenvalue weighted by Crippen LogP contribution is 2.16. The lowest BCUT2D eigenvalue weighted by molar-refractivity contribution is 0.277. The van der Waals surface area contributed by atoms with Gasteiger partial charge in [-0.25, -0.2) is 0 Å². The Kier molecular flexibility index (Phi) is 7.54. The fourth-order valence-corrected chi connectivity index (χ4v) is 2.14. The Labute approximate surface area is 133 Å². The van der Waals surface area contributed by atoms with Crippen LogP contribution in [-0.2, 0) is 6.54 Å². The summed E-state index contributed by atoms with van der Waals surface area (Å²) in [5.74, 6) is 0.882. The maximum absolute atomic E-state index is 6.20. The van der Waals surface area contributed by atoms with Gasteiger partial charge in [-0.2, -0.15) is 0 Å². The first-order chi connectivity index (χ1) is 9.95. The van der Waals surface area contributed by atoms with Crippen LogP contribution in [0, 0.1) is 0 Å². The van der Waals surface area contributed by atoms with Gasteiger partial charge in [-0.1, -0.05) is 29.8 Å². The summed E-state index contributed by atoms with van der Waals surface area (Å²) >= 11 is 6.20. The molecule has 0 aliphatic rings. The Hall–Kier alpha value is -1.26. The van der Waals surface area contributed by atoms with Crippen molar-refractivity contribution in [2.75, 3.05) is 34.2 Å². The molecule has 0 spiro atoms. The second-order valence-corrected chi connectivity index (χ2v) is 5.90. The van der Waals surface area contributed by atoms with Crippen molar-refractivity contribution in [3.8, 4) is 0 Å². The number of halogens is 1. The number of hydrogen-bond acceptors (Lipinski definition) is 2. The van der Waals surface area contributed by atoms with E-state index in [9.17, 15) is 0 Å². The van der Waals surface area contributed by atoms with E-state index in [1.165, 1.54) is 0 Å². The molecule has 0 saturated carbocycles. The molecule has 1 aromatic carbocycles. The van der Waals surface area contributed by atoms with Crippen LogP contribution >= 0.6 is 11.6 Å². The highest BCUT2D eigenvalue weighted by atomic mass is 35.5. The fourth-order valence-electron chi connectivity index (χ4n) is 1.94. The van der Waals surface area contributed by atoms with Crippen molar-refractivity contribution in [2.24, 2.45) is 4.99 Å². The van der Waals surface area contributed by atoms with E-state index in [0.717, 1.165) is 36.2 Å². The van der Waals surface area contributed by atoms with E-state index in [4.69, 9.17) is 11.6 Å². The standard InChI is InChI=1S/C16H27ClN4/c1-13(2)20(4)11-10-19-16(18-3)21(5)12-14-8-6-7-9-15(14)17/h6-9,13H,10-12H2,1-5H3,(H,18,19). The maximum Gasteiger partial charge on any atom is 0.193 e. The van der Waals surface area contributed by atoms with Gasteiger partial charge in [0.25, 0.3) is 0 Å². The maximum atomic E-state index is 6.20. The van der Waals surface area contributed by atoms with Gasteiger partial charge in [0.05, 0.1) is 0 Å². The quantitative estimate of drug-likeness (QED) is 0.647. The molecular weight excluding hydrogens is 284 g/mol. The molecule has 0 heterocycles. The number of rotatable bonds is 6. The molecule has 0 aromatic heterocycles. The predicted molar refractivity (Wildman–Crippen MR) is 92.0 cm³/mol. The van der Waals surface area contributed by atoms with Gasteiger partial charge in [-0.05, 0) is 32.5 Å². The first kappa shape index (κ1) is 17.8. The summed E-state index contributed by atoms with van der Waals surface area (Å²) in [7, 11) is 5.95. The van der Waals surface area contributed by atoms with Crippen molar-refractivity contribution in [2.45, 2.75) is 26.4 Å². The summed E-state index contributed by atoms with van der Waals surface area (Å²) in [4.78, 5) is 8.71. The van der Waals surface area contributed by atoms with Crippen LogP contribution in [0.1, 0.15) is 19.4 Å². The van der Waals surface area contributed by atoms with E-state index in [1.54, 1.807) is 7.05 Å². The Morgan fingerprint density at radius 2 is 1.95 bits per heavy atom. The molecule has 21 heavy (non-hydrogen) atoms. The number of guanidine groups is 1. The van der Waals surface area contributed by atoms with Crippen molar-refractivity contribution >= 4 is 17.6 Å². The summed E-state index contributed by atoms with van der Waals surface area (Å²) in [5, 5.41) is 4.18. The predicted octanol–water partition coefficient (Wildman–Crippen LogP) is 2.69. The molecule has 1 N–H and O–H groups in total. The van der Waals surface area contributed by atoms with Crippen LogP contribution in [-0.4, -0.2) is 56.0 Å². The molecule has 0 radical (unpaired) electrons. The van der Waals surface area contributed by atoms with Gasteiger partial charge in [-0.3, -0.25) is 4.99 Å². The molecular formula is C16H27ClN4. The molecule has 0 unspecified atom stereocenters. The van der Waals surface area contributed by atoms with Gasteiger partial charge < -0.3 is 15.1 Å². The minimum absolute atomic E-state index is 0.551. The number of nitrogens with one attached hydrogen (secondary N) is 1. The lowest BCUT2D eigenvalue weighted by atomic mass is 10.2. The molecule has 0 bridgehead atoms. The summed E-state index contributed by atoms with van der Waals surface area (Å²) in [6.07, 6.45) is 0. The average Bonchev–Trinajstić information content (AvgIpc) is 2.45. The second kappa shape index (κ2) is 8.90. The van der Waals surface area contributed by atoms with E-state index < -0.39 is 0 Å². The number of aliphatic imine (C=N–C) groups is 1. The van der Waals surface area contributed by atoms with Gasteiger partial charge in [0.1, 0.15) is 0 Å². The molecule has 0 aliphatic heterocycles. The zero-order valence-electron chi connectivity index (χ0n) is 13.7. The third-order valence-electron chi connectivity index (χ3n) is 3.57. The number of hydrogen-bond donors (Lipinski definition) is 1. The van der Waals surface area contributed by atoms with E-state index >= 15 is 0 Å². The molecule has 1 rings (SSSR count). The largest absolute Gasteiger partial charge is 0.355 e. The van der Waals surface area contributed by atoms with E-state index in [0.29, 0.717) is 6.04 Å². The van der Waals surface area contributed by atoms with Gasteiger partial charge in [-0.15, -0.1) is 0 Å². The Bertz CT molecular complexity index is 459. The molecule has 0 saturated heterocycles. The number of benzene rings is 1. The summed E-state index contributed by atoms with van der Waals surface area (Å²) in [6.45, 7) is 6.97. The lowest BCUT2D eigenvalue weighted by Gasteiger charge is -2.25. The van der Waals surface area contributed by atoms with Crippen LogP contribution in [0.2, 0.25) is 5.02 Å². The molecule has 0 atom stereocenters. The topological polar surface area (TPSA) is 30.9 Å². The van der Waals surface area contributed by atoms with Crippen LogP contribution in [0.5, 0.6) is 0 Å². The smallest absolute Gasteiger partial charge is 0.193 e. The van der Waals surface area contributed by atoms with Crippen molar-refractivity contribution in [1.29, 1.82) is 0 Å². The van der Waals surface area contributed by atoms with Crippen LogP contribution in [0.4, 0.5) is 0 Å². The SMILES string of the molecule is CN=C(NCCN(C)C(C)C)N(C)Cc1ccccc1Cl. The Balaban J connectivity index is 2.51. The highest BCUT2D eigenvalue weighted by molar-refractivity contribution is 6.31. The molecule has 1 aromatic rings. The minimum atomic E-state index is 0.551. The lowest BCUT2D eigenvalue weighted by Crippen LogP contribution is -2.42. The van der Waals surface area contributed by atoms with Crippen molar-refractivity contribution in [1.82, 2.24) is 15.1 Å². The van der Waals surface area contributed by atoms with Gasteiger partial charge in [0.15, 0.2) is 5.96 Å². The van der Waals surface area contributed by atoms with E-state index in [1.807, 2.05) is 31.3 Å². The molecule has 0 aliphatic carbocycles. The van der Waals surface area contributed by atoms with Crippen LogP contribution in [0.25, 0.3) is 0 Å². The monoisotopic (exact) mass is 310 g/mol. The first-order valence-electron chi connectivity index (χ1n) is 7.31. The van der Waals surface area contributed by atoms with Crippen molar-refractivity contribution in [3.05, 3.63) is 34.9 Å². The number of likely N-dealkylation sites (N-methyl/N-ethyl adjacent to an activating group) is 1. The second-order valence-electron chi connectivity index (χ2n) is 5.50. The Morgan fingerprint density at radius 1 is 1.29 bits per heavy atom. The van der Waals surface area contributed by atoms with Crippen LogP contribution < -0.4 is 5.32 Å². The van der Waals surface area contributed by atoms with Gasteiger partial charge in [0, 0.05) is 44.8 Å². The Morgan fingerprint density at radius 3 is 2.52 bits per heavy atom. The van der Waals surface area contributed by atoms with E-state index in [2.05, 4.69) is 41.0 Å². The number of nitrogens with zero attached hydrogens (tertiary/aromatic N) is 3. The van der Waals surface area contributed by atoms with Crippen molar-refractivity contribution in [3.63, 3.8) is 0 Å². The van der Waals surface area contributed by atoms with Crippen LogP contribution in [0.3, 0.4) is 0 Å². The first-order valence-corrected chi connectivity index (χ1v) is 7.69. The zero-order valence-corrected chi connectivity index (χ0v) is 14.5. The normalized spacial score (nSPS) is 12.1. The fraction of sp³-hybridized carbons (Fsp3) is 0.562. The summed E-state index contributed by atoms with van der Waals surface area (Å²) in [6, 6.07) is 8.45. The zero-order chi connectivity index (χ0) is 15.8.